The van der Waals surface area contributed by atoms with E-state index >= 15 is 0 Å². The third-order valence-corrected chi connectivity index (χ3v) is 18.9. The van der Waals surface area contributed by atoms with Crippen LogP contribution in [0.4, 0.5) is 0 Å². The minimum Gasteiger partial charge on any atom is -0.545 e. The first-order valence-electron chi connectivity index (χ1n) is 40.2. The molecule has 0 saturated carbocycles. The fourth-order valence-corrected chi connectivity index (χ4v) is 12.7. The average molecular weight is 1260 g/mol. The normalized spacial score (nSPS) is 12.5. The van der Waals surface area contributed by atoms with Crippen LogP contribution >= 0.6 is 0 Å². The Morgan fingerprint density at radius 1 is 0.292 bits per heavy atom. The second kappa shape index (κ2) is 72.1. The van der Waals surface area contributed by atoms with Crippen LogP contribution in [0.3, 0.4) is 0 Å². The van der Waals surface area contributed by atoms with Gasteiger partial charge in [0.05, 0.1) is 40.3 Å². The van der Waals surface area contributed by atoms with Gasteiger partial charge in [-0.05, 0) is 12.8 Å². The van der Waals surface area contributed by atoms with Crippen molar-refractivity contribution in [3.63, 3.8) is 0 Å². The molecule has 0 aromatic heterocycles. The number of hydrogen-bond donors (Lipinski definition) is 0. The van der Waals surface area contributed by atoms with Gasteiger partial charge in [-0.25, -0.2) is 0 Å². The lowest BCUT2D eigenvalue weighted by atomic mass is 10.0. The highest BCUT2D eigenvalue weighted by molar-refractivity contribution is 5.70. The molecule has 0 saturated heterocycles. The third kappa shape index (κ3) is 73.6. The van der Waals surface area contributed by atoms with Gasteiger partial charge in [0, 0.05) is 12.8 Å². The molecule has 0 aromatic rings. The monoisotopic (exact) mass is 1260 g/mol. The molecule has 2 unspecified atom stereocenters. The Bertz CT molecular complexity index is 1420. The first-order valence-corrected chi connectivity index (χ1v) is 40.2. The number of aliphatic carboxylic acids is 1. The number of likely N-dealkylation sites (N-methyl/N-ethyl adjacent to an activating group) is 1. The topological polar surface area (TPSA) is 111 Å². The number of hydrogen-bond acceptors (Lipinski definition) is 8. The number of carbonyl (C=O) groups is 3. The molecule has 0 aliphatic rings. The number of ether oxygens (including phenoxy) is 4. The molecular formula is C80H157NO8. The van der Waals surface area contributed by atoms with E-state index in [0.717, 1.165) is 38.5 Å². The highest BCUT2D eigenvalue weighted by Gasteiger charge is 2.22. The van der Waals surface area contributed by atoms with Gasteiger partial charge in [0.2, 0.25) is 0 Å². The maximum absolute atomic E-state index is 13.0. The molecular weight excluding hydrogens is 1100 g/mol. The van der Waals surface area contributed by atoms with E-state index in [1.54, 1.807) is 0 Å². The van der Waals surface area contributed by atoms with Gasteiger partial charge in [-0.1, -0.05) is 412 Å². The fourth-order valence-electron chi connectivity index (χ4n) is 12.7. The average Bonchev–Trinajstić information content (AvgIpc) is 3.70. The molecule has 0 amide bonds. The number of esters is 2. The first-order chi connectivity index (χ1) is 43.6. The van der Waals surface area contributed by atoms with Crippen LogP contribution in [-0.2, 0) is 33.3 Å². The maximum atomic E-state index is 13.0. The SMILES string of the molecule is CCCCCCCCCCCCCCCCCCCCCCCCCCCCCCCCCCCCCCCC(=O)OC(COC(=O)CCCCCCCCCCCCCCCCCCCCCCCCCCCCC)COC(OCC[N+](C)(C)C)C(=O)[O-]. The van der Waals surface area contributed by atoms with Crippen molar-refractivity contribution < 1.29 is 42.9 Å². The van der Waals surface area contributed by atoms with E-state index < -0.39 is 24.3 Å². The van der Waals surface area contributed by atoms with E-state index in [-0.39, 0.29) is 32.2 Å². The van der Waals surface area contributed by atoms with Gasteiger partial charge in [-0.15, -0.1) is 0 Å². The van der Waals surface area contributed by atoms with Crippen molar-refractivity contribution in [2.75, 3.05) is 47.5 Å². The van der Waals surface area contributed by atoms with Crippen LogP contribution in [0, 0.1) is 0 Å². The van der Waals surface area contributed by atoms with E-state index in [2.05, 4.69) is 13.8 Å². The van der Waals surface area contributed by atoms with Crippen molar-refractivity contribution in [1.82, 2.24) is 0 Å². The fraction of sp³-hybridized carbons (Fsp3) is 0.963. The Hall–Kier alpha value is -1.71. The Morgan fingerprint density at radius 3 is 0.719 bits per heavy atom. The number of carbonyl (C=O) groups excluding carboxylic acids is 3. The Labute approximate surface area is 555 Å². The molecule has 0 spiro atoms. The summed E-state index contributed by atoms with van der Waals surface area (Å²) in [6, 6.07) is 0. The maximum Gasteiger partial charge on any atom is 0.306 e. The summed E-state index contributed by atoms with van der Waals surface area (Å²) in [7, 11) is 5.96. The molecule has 0 aromatic carbocycles. The smallest absolute Gasteiger partial charge is 0.306 e. The molecule has 0 aliphatic carbocycles. The quantitative estimate of drug-likeness (QED) is 0.0256. The molecule has 9 nitrogen and oxygen atoms in total. The molecule has 89 heavy (non-hydrogen) atoms. The van der Waals surface area contributed by atoms with E-state index in [4.69, 9.17) is 18.9 Å². The number of quaternary nitrogens is 1. The van der Waals surface area contributed by atoms with Crippen LogP contribution in [0.2, 0.25) is 0 Å². The molecule has 0 bridgehead atoms. The zero-order chi connectivity index (χ0) is 64.7. The minimum atomic E-state index is -1.62. The summed E-state index contributed by atoms with van der Waals surface area (Å²) in [6.07, 6.45) is 85.3. The summed E-state index contributed by atoms with van der Waals surface area (Å²) in [6.45, 7) is 4.86. The van der Waals surface area contributed by atoms with Crippen molar-refractivity contribution in [1.29, 1.82) is 0 Å². The Balaban J connectivity index is 3.93. The highest BCUT2D eigenvalue weighted by atomic mass is 16.7. The molecule has 0 rings (SSSR count). The zero-order valence-electron chi connectivity index (χ0n) is 60.9. The van der Waals surface area contributed by atoms with Gasteiger partial charge in [0.1, 0.15) is 13.2 Å². The zero-order valence-corrected chi connectivity index (χ0v) is 60.9. The van der Waals surface area contributed by atoms with Crippen molar-refractivity contribution in [2.24, 2.45) is 0 Å². The number of carboxylic acid groups (broad SMARTS) is 1. The second-order valence-electron chi connectivity index (χ2n) is 29.1. The van der Waals surface area contributed by atoms with Crippen LogP contribution in [0.15, 0.2) is 0 Å². The molecule has 530 valence electrons. The summed E-state index contributed by atoms with van der Waals surface area (Å²) in [4.78, 5) is 37.6. The largest absolute Gasteiger partial charge is 0.545 e. The van der Waals surface area contributed by atoms with Crippen LogP contribution in [0.5, 0.6) is 0 Å². The molecule has 0 N–H and O–H groups in total. The summed E-state index contributed by atoms with van der Waals surface area (Å²) < 4.78 is 22.9. The molecule has 2 atom stereocenters. The van der Waals surface area contributed by atoms with Crippen LogP contribution < -0.4 is 5.11 Å². The third-order valence-electron chi connectivity index (χ3n) is 18.9. The van der Waals surface area contributed by atoms with Crippen molar-refractivity contribution in [2.45, 2.75) is 450 Å². The minimum absolute atomic E-state index is 0.154. The number of carboxylic acids is 1. The van der Waals surface area contributed by atoms with Gasteiger partial charge < -0.3 is 33.3 Å². The van der Waals surface area contributed by atoms with Crippen molar-refractivity contribution >= 4 is 17.9 Å². The van der Waals surface area contributed by atoms with Gasteiger partial charge >= 0.3 is 11.9 Å². The van der Waals surface area contributed by atoms with Crippen LogP contribution in [0.1, 0.15) is 438 Å². The molecule has 0 fully saturated rings. The first kappa shape index (κ1) is 87.3. The Kier molecular flexibility index (Phi) is 70.7. The summed E-state index contributed by atoms with van der Waals surface area (Å²) in [5.74, 6) is -2.24. The molecule has 0 heterocycles. The second-order valence-corrected chi connectivity index (χ2v) is 29.1. The lowest BCUT2D eigenvalue weighted by Gasteiger charge is -2.26. The van der Waals surface area contributed by atoms with Gasteiger partial charge in [-0.2, -0.15) is 0 Å². The van der Waals surface area contributed by atoms with Crippen molar-refractivity contribution in [3.05, 3.63) is 0 Å². The van der Waals surface area contributed by atoms with E-state index in [1.807, 2.05) is 21.1 Å². The lowest BCUT2D eigenvalue weighted by molar-refractivity contribution is -0.870. The standard InChI is InChI=1S/C80H157NO8/c1-6-8-10-12-14-16-18-20-22-24-26-28-30-32-34-35-36-37-38-39-40-41-42-43-45-47-49-51-53-55-57-59-61-63-65-67-69-71-78(83)89-76(75-88-80(79(84)85)86-73-72-81(3,4)5)74-87-77(82)70-68-66-64-62-60-58-56-54-52-50-48-46-44-33-31-29-27-25-23-21-19-17-15-13-11-9-7-2/h76,80H,6-75H2,1-5H3. The number of rotatable bonds is 77. The van der Waals surface area contributed by atoms with E-state index in [1.165, 1.54) is 372 Å². The molecule has 0 aliphatic heterocycles. The van der Waals surface area contributed by atoms with Crippen molar-refractivity contribution in [3.8, 4) is 0 Å². The van der Waals surface area contributed by atoms with Gasteiger partial charge in [-0.3, -0.25) is 9.59 Å². The molecule has 0 radical (unpaired) electrons. The molecule has 9 heteroatoms. The Morgan fingerprint density at radius 2 is 0.506 bits per heavy atom. The summed E-state index contributed by atoms with van der Waals surface area (Å²) in [5.41, 5.74) is 0. The number of unbranched alkanes of at least 4 members (excludes halogenated alkanes) is 62. The van der Waals surface area contributed by atoms with Crippen LogP contribution in [0.25, 0.3) is 0 Å². The number of nitrogens with zero attached hydrogens (tertiary/aromatic N) is 1. The van der Waals surface area contributed by atoms with Gasteiger partial charge in [0.25, 0.3) is 0 Å². The highest BCUT2D eigenvalue weighted by Crippen LogP contribution is 2.21. The van der Waals surface area contributed by atoms with Gasteiger partial charge in [0.15, 0.2) is 12.4 Å². The van der Waals surface area contributed by atoms with Crippen LogP contribution in [-0.4, -0.2) is 82.3 Å². The predicted molar refractivity (Wildman–Crippen MR) is 381 cm³/mol. The summed E-state index contributed by atoms with van der Waals surface area (Å²) >= 11 is 0. The van der Waals surface area contributed by atoms with E-state index in [0.29, 0.717) is 17.4 Å². The van der Waals surface area contributed by atoms with E-state index in [9.17, 15) is 19.5 Å². The predicted octanol–water partition coefficient (Wildman–Crippen LogP) is 24.0. The lowest BCUT2D eigenvalue weighted by Crippen LogP contribution is -2.44. The summed E-state index contributed by atoms with van der Waals surface area (Å²) in [5, 5.41) is 11.9.